The van der Waals surface area contributed by atoms with Crippen molar-refractivity contribution in [1.29, 1.82) is 0 Å². The molecule has 0 amide bonds. The van der Waals surface area contributed by atoms with Crippen molar-refractivity contribution in [2.45, 2.75) is 26.3 Å². The molecule has 0 bridgehead atoms. The molecule has 0 aliphatic carbocycles. The quantitative estimate of drug-likeness (QED) is 0.883. The van der Waals surface area contributed by atoms with E-state index in [1.54, 1.807) is 11.3 Å². The van der Waals surface area contributed by atoms with Crippen LogP contribution in [0.15, 0.2) is 9.85 Å². The van der Waals surface area contributed by atoms with Crippen LogP contribution in [0, 0.1) is 5.92 Å². The van der Waals surface area contributed by atoms with Crippen molar-refractivity contribution >= 4 is 38.9 Å². The molecule has 2 N–H and O–H groups in total. The van der Waals surface area contributed by atoms with E-state index < -0.39 is 0 Å². The molecule has 0 radical (unpaired) electrons. The largest absolute Gasteiger partial charge is 0.323 e. The maximum atomic E-state index is 6.01. The summed E-state index contributed by atoms with van der Waals surface area (Å²) in [6, 6.07) is 2.07. The van der Waals surface area contributed by atoms with E-state index in [9.17, 15) is 0 Å². The molecule has 1 atom stereocenters. The number of rotatable bonds is 3. The number of halogens is 2. The Morgan fingerprint density at radius 1 is 1.62 bits per heavy atom. The third-order valence-corrected chi connectivity index (χ3v) is 4.36. The molecule has 4 heteroatoms. The van der Waals surface area contributed by atoms with Gasteiger partial charge in [0.2, 0.25) is 0 Å². The van der Waals surface area contributed by atoms with Crippen molar-refractivity contribution in [3.8, 4) is 0 Å². The number of hydrogen-bond donors (Lipinski definition) is 1. The van der Waals surface area contributed by atoms with Gasteiger partial charge in [-0.2, -0.15) is 0 Å². The number of nitrogens with two attached hydrogens (primary N) is 1. The van der Waals surface area contributed by atoms with Gasteiger partial charge in [-0.05, 0) is 34.3 Å². The minimum Gasteiger partial charge on any atom is -0.323 e. The van der Waals surface area contributed by atoms with E-state index in [4.69, 9.17) is 17.3 Å². The molecule has 0 aliphatic heterocycles. The Labute approximate surface area is 96.4 Å². The van der Waals surface area contributed by atoms with Gasteiger partial charge in [-0.25, -0.2) is 0 Å². The highest BCUT2D eigenvalue weighted by Crippen LogP contribution is 2.35. The Bertz CT molecular complexity index is 266. The zero-order chi connectivity index (χ0) is 10.0. The van der Waals surface area contributed by atoms with Crippen LogP contribution < -0.4 is 5.73 Å². The minimum absolute atomic E-state index is 0.119. The van der Waals surface area contributed by atoms with Crippen LogP contribution in [-0.2, 0) is 0 Å². The van der Waals surface area contributed by atoms with Crippen LogP contribution >= 0.6 is 38.9 Å². The molecule has 0 aliphatic rings. The average molecular weight is 283 g/mol. The van der Waals surface area contributed by atoms with Gasteiger partial charge in [0.1, 0.15) is 0 Å². The summed E-state index contributed by atoms with van der Waals surface area (Å²) >= 11 is 10.9. The first kappa shape index (κ1) is 11.5. The fraction of sp³-hybridized carbons (Fsp3) is 0.556. The van der Waals surface area contributed by atoms with E-state index in [1.165, 1.54) is 0 Å². The van der Waals surface area contributed by atoms with Gasteiger partial charge in [0.05, 0.1) is 8.81 Å². The van der Waals surface area contributed by atoms with Crippen LogP contribution in [0.1, 0.15) is 31.2 Å². The van der Waals surface area contributed by atoms with Crippen LogP contribution in [0.3, 0.4) is 0 Å². The number of thiophene rings is 1. The third kappa shape index (κ3) is 3.24. The maximum Gasteiger partial charge on any atom is 0.0887 e. The first-order chi connectivity index (χ1) is 6.00. The summed E-state index contributed by atoms with van der Waals surface area (Å²) < 4.78 is 0.975. The molecule has 1 aromatic heterocycles. The van der Waals surface area contributed by atoms with Gasteiger partial charge in [-0.3, -0.25) is 0 Å². The Hall–Kier alpha value is 0.430. The van der Waals surface area contributed by atoms with Crippen molar-refractivity contribution in [2.24, 2.45) is 11.7 Å². The predicted octanol–water partition coefficient (Wildman–Crippen LogP) is 4.21. The van der Waals surface area contributed by atoms with Gasteiger partial charge in [0.25, 0.3) is 0 Å². The van der Waals surface area contributed by atoms with Gasteiger partial charge in [-0.15, -0.1) is 11.3 Å². The molecule has 1 unspecified atom stereocenters. The highest BCUT2D eigenvalue weighted by atomic mass is 79.9. The molecule has 74 valence electrons. The Morgan fingerprint density at radius 2 is 2.23 bits per heavy atom. The second-order valence-electron chi connectivity index (χ2n) is 3.51. The van der Waals surface area contributed by atoms with Crippen molar-refractivity contribution in [1.82, 2.24) is 0 Å². The van der Waals surface area contributed by atoms with Gasteiger partial charge < -0.3 is 5.73 Å². The standard InChI is InChI=1S/C9H13BrClNS/c1-5(2)3-7(12)8-4-6(11)9(10)13-8/h4-5,7H,3,12H2,1-2H3. The van der Waals surface area contributed by atoms with E-state index in [0.717, 1.165) is 20.1 Å². The first-order valence-electron chi connectivity index (χ1n) is 4.21. The summed E-state index contributed by atoms with van der Waals surface area (Å²) in [4.78, 5) is 1.16. The zero-order valence-corrected chi connectivity index (χ0v) is 10.8. The highest BCUT2D eigenvalue weighted by Gasteiger charge is 2.12. The summed E-state index contributed by atoms with van der Waals surface area (Å²) in [6.07, 6.45) is 1.00. The first-order valence-corrected chi connectivity index (χ1v) is 6.19. The van der Waals surface area contributed by atoms with Crippen molar-refractivity contribution in [2.75, 3.05) is 0 Å². The molecule has 0 spiro atoms. The predicted molar refractivity (Wildman–Crippen MR) is 63.4 cm³/mol. The Morgan fingerprint density at radius 3 is 2.62 bits per heavy atom. The molecule has 0 fully saturated rings. The fourth-order valence-corrected chi connectivity index (χ4v) is 2.93. The van der Waals surface area contributed by atoms with Gasteiger partial charge >= 0.3 is 0 Å². The van der Waals surface area contributed by atoms with Crippen LogP contribution in [0.4, 0.5) is 0 Å². The Kier molecular flexibility index (Phi) is 4.23. The molecule has 0 saturated heterocycles. The third-order valence-electron chi connectivity index (χ3n) is 1.75. The highest BCUT2D eigenvalue weighted by molar-refractivity contribution is 9.11. The molecule has 0 saturated carbocycles. The molecular weight excluding hydrogens is 270 g/mol. The van der Waals surface area contributed by atoms with E-state index in [-0.39, 0.29) is 6.04 Å². The molecule has 1 rings (SSSR count). The lowest BCUT2D eigenvalue weighted by atomic mass is 10.0. The lowest BCUT2D eigenvalue weighted by Crippen LogP contribution is -2.11. The van der Waals surface area contributed by atoms with Crippen molar-refractivity contribution in [3.05, 3.63) is 19.8 Å². The lowest BCUT2D eigenvalue weighted by molar-refractivity contribution is 0.515. The SMILES string of the molecule is CC(C)CC(N)c1cc(Cl)c(Br)s1. The van der Waals surface area contributed by atoms with Crippen LogP contribution in [0.2, 0.25) is 5.02 Å². The summed E-state index contributed by atoms with van der Waals surface area (Å²) in [6.45, 7) is 4.34. The molecule has 1 heterocycles. The van der Waals surface area contributed by atoms with Gasteiger partial charge in [-0.1, -0.05) is 25.4 Å². The minimum atomic E-state index is 0.119. The monoisotopic (exact) mass is 281 g/mol. The van der Waals surface area contributed by atoms with Gasteiger partial charge in [0.15, 0.2) is 0 Å². The van der Waals surface area contributed by atoms with E-state index >= 15 is 0 Å². The van der Waals surface area contributed by atoms with Crippen LogP contribution in [0.5, 0.6) is 0 Å². The molecule has 1 nitrogen and oxygen atoms in total. The van der Waals surface area contributed by atoms with E-state index in [2.05, 4.69) is 29.8 Å². The van der Waals surface area contributed by atoms with Gasteiger partial charge in [0, 0.05) is 10.9 Å². The van der Waals surface area contributed by atoms with Crippen molar-refractivity contribution < 1.29 is 0 Å². The normalized spacial score (nSPS) is 13.7. The second kappa shape index (κ2) is 4.78. The summed E-state index contributed by atoms with van der Waals surface area (Å²) in [5, 5.41) is 0.763. The maximum absolute atomic E-state index is 6.01. The van der Waals surface area contributed by atoms with E-state index in [0.29, 0.717) is 5.92 Å². The Balaban J connectivity index is 2.71. The average Bonchev–Trinajstić information content (AvgIpc) is 2.31. The molecule has 0 aromatic carbocycles. The summed E-state index contributed by atoms with van der Waals surface area (Å²) in [5.41, 5.74) is 6.01. The molecular formula is C9H13BrClNS. The van der Waals surface area contributed by atoms with Crippen LogP contribution in [-0.4, -0.2) is 0 Å². The smallest absolute Gasteiger partial charge is 0.0887 e. The molecule has 1 aromatic rings. The second-order valence-corrected chi connectivity index (χ2v) is 6.32. The fourth-order valence-electron chi connectivity index (χ4n) is 1.17. The lowest BCUT2D eigenvalue weighted by Gasteiger charge is -2.11. The van der Waals surface area contributed by atoms with Crippen molar-refractivity contribution in [3.63, 3.8) is 0 Å². The topological polar surface area (TPSA) is 26.0 Å². The number of hydrogen-bond acceptors (Lipinski definition) is 2. The van der Waals surface area contributed by atoms with E-state index in [1.807, 2.05) is 6.07 Å². The van der Waals surface area contributed by atoms with Crippen LogP contribution in [0.25, 0.3) is 0 Å². The molecule has 13 heavy (non-hydrogen) atoms. The summed E-state index contributed by atoms with van der Waals surface area (Å²) in [7, 11) is 0. The zero-order valence-electron chi connectivity index (χ0n) is 7.68. The summed E-state index contributed by atoms with van der Waals surface area (Å²) in [5.74, 6) is 0.620.